The third-order valence-corrected chi connectivity index (χ3v) is 16.0. The van der Waals surface area contributed by atoms with Gasteiger partial charge in [-0.15, -0.1) is 0 Å². The summed E-state index contributed by atoms with van der Waals surface area (Å²) in [5, 5.41) is 4.31. The van der Waals surface area contributed by atoms with E-state index in [1.807, 2.05) is 0 Å². The molecule has 0 spiro atoms. The fourth-order valence-electron chi connectivity index (χ4n) is 7.36. The number of fused-ring (bicyclic) bond motifs is 1. The maximum atomic E-state index is 2.55. The highest BCUT2D eigenvalue weighted by Crippen LogP contribution is 2.42. The molecule has 0 atom stereocenters. The highest BCUT2D eigenvalue weighted by molar-refractivity contribution is 6.95. The molecule has 0 N–H and O–H groups in total. The smallest absolute Gasteiger partial charge is 0.200 e. The number of hydrogen-bond acceptors (Lipinski definition) is 0. The lowest BCUT2D eigenvalue weighted by molar-refractivity contribution is -0.659. The molecule has 0 aliphatic carbocycles. The zero-order chi connectivity index (χ0) is 27.1. The number of pyridine rings is 1. The number of nitrogens with zero attached hydrogens (tertiary/aromatic N) is 1. The summed E-state index contributed by atoms with van der Waals surface area (Å²) >= 11 is 0. The Balaban J connectivity index is 2.01. The maximum Gasteiger partial charge on any atom is 0.220 e. The molecule has 0 aliphatic heterocycles. The fraction of sp³-hybridized carbons (Fsp3) is 0.400. The van der Waals surface area contributed by atoms with Crippen LogP contribution in [0.5, 0.6) is 0 Å². The van der Waals surface area contributed by atoms with Crippen molar-refractivity contribution in [2.75, 3.05) is 0 Å². The summed E-state index contributed by atoms with van der Waals surface area (Å²) in [6, 6.07) is 25.4. The molecule has 0 saturated heterocycles. The van der Waals surface area contributed by atoms with E-state index in [9.17, 15) is 0 Å². The minimum absolute atomic E-state index is 0.462. The number of hydrogen-bond donors (Lipinski definition) is 0. The average Bonchev–Trinajstić information content (AvgIpc) is 2.84. The number of aromatic nitrogens is 1. The molecule has 194 valence electrons. The van der Waals surface area contributed by atoms with E-state index < -0.39 is 8.07 Å². The molecule has 0 saturated carbocycles. The van der Waals surface area contributed by atoms with E-state index in [1.165, 1.54) is 44.3 Å². The lowest BCUT2D eigenvalue weighted by Gasteiger charge is -2.43. The van der Waals surface area contributed by atoms with Crippen LogP contribution in [-0.4, -0.2) is 8.07 Å². The van der Waals surface area contributed by atoms with Gasteiger partial charge in [0, 0.05) is 6.07 Å². The lowest BCUT2D eigenvalue weighted by Crippen LogP contribution is -2.55. The number of benzene rings is 3. The third-order valence-electron chi connectivity index (χ3n) is 8.94. The Kier molecular flexibility index (Phi) is 7.81. The van der Waals surface area contributed by atoms with Crippen molar-refractivity contribution in [1.29, 1.82) is 0 Å². The second-order valence-electron chi connectivity index (χ2n) is 12.2. The zero-order valence-corrected chi connectivity index (χ0v) is 25.7. The van der Waals surface area contributed by atoms with Gasteiger partial charge in [0.25, 0.3) is 0 Å². The van der Waals surface area contributed by atoms with E-state index in [0.717, 1.165) is 0 Å². The number of aryl methyl sites for hydroxylation is 1. The molecule has 1 aromatic heterocycles. The molecule has 0 amide bonds. The first kappa shape index (κ1) is 27.3. The van der Waals surface area contributed by atoms with E-state index in [0.29, 0.717) is 22.5 Å². The third kappa shape index (κ3) is 4.70. The summed E-state index contributed by atoms with van der Waals surface area (Å²) in [5.41, 5.74) is 10.1. The largest absolute Gasteiger partial charge is 0.220 e. The van der Waals surface area contributed by atoms with Crippen molar-refractivity contribution in [3.8, 4) is 22.4 Å². The quantitative estimate of drug-likeness (QED) is 0.173. The number of rotatable bonds is 7. The van der Waals surface area contributed by atoms with Crippen LogP contribution in [0.25, 0.3) is 33.2 Å². The summed E-state index contributed by atoms with van der Waals surface area (Å²) in [6.45, 7) is 21.7. The molecule has 4 rings (SSSR count). The predicted octanol–water partition coefficient (Wildman–Crippen LogP) is 9.32. The summed E-state index contributed by atoms with van der Waals surface area (Å²) in [5.74, 6) is 0.462. The van der Waals surface area contributed by atoms with Crippen LogP contribution in [0.3, 0.4) is 0 Å². The Hall–Kier alpha value is -2.71. The van der Waals surface area contributed by atoms with Gasteiger partial charge >= 0.3 is 0 Å². The highest BCUT2D eigenvalue weighted by atomic mass is 28.3. The minimum Gasteiger partial charge on any atom is -0.200 e. The van der Waals surface area contributed by atoms with E-state index in [1.54, 1.807) is 5.19 Å². The topological polar surface area (TPSA) is 3.88 Å². The highest BCUT2D eigenvalue weighted by Gasteiger charge is 2.44. The van der Waals surface area contributed by atoms with Crippen molar-refractivity contribution in [1.82, 2.24) is 0 Å². The van der Waals surface area contributed by atoms with Gasteiger partial charge in [0.2, 0.25) is 5.69 Å². The first-order valence-corrected chi connectivity index (χ1v) is 16.4. The Morgan fingerprint density at radius 3 is 1.86 bits per heavy atom. The summed E-state index contributed by atoms with van der Waals surface area (Å²) in [4.78, 5) is 0. The van der Waals surface area contributed by atoms with E-state index in [2.05, 4.69) is 147 Å². The van der Waals surface area contributed by atoms with Crippen LogP contribution < -0.4 is 9.75 Å². The maximum absolute atomic E-state index is 2.55. The van der Waals surface area contributed by atoms with Crippen molar-refractivity contribution in [2.24, 2.45) is 7.05 Å². The Bertz CT molecular complexity index is 1370. The van der Waals surface area contributed by atoms with Gasteiger partial charge in [-0.05, 0) is 69.2 Å². The van der Waals surface area contributed by atoms with Crippen molar-refractivity contribution in [2.45, 2.75) is 84.9 Å². The van der Waals surface area contributed by atoms with Crippen molar-refractivity contribution in [3.63, 3.8) is 0 Å². The molecule has 0 bridgehead atoms. The van der Waals surface area contributed by atoms with Gasteiger partial charge in [-0.2, -0.15) is 0 Å². The molecule has 1 heterocycles. The van der Waals surface area contributed by atoms with Crippen LogP contribution in [0.15, 0.2) is 72.9 Å². The van der Waals surface area contributed by atoms with Crippen LogP contribution >= 0.6 is 0 Å². The van der Waals surface area contributed by atoms with E-state index >= 15 is 0 Å². The molecular weight excluding hydrogens is 462 g/mol. The van der Waals surface area contributed by atoms with Crippen LogP contribution in [0.1, 0.15) is 72.4 Å². The summed E-state index contributed by atoms with van der Waals surface area (Å²) in [7, 11) is 0.470. The zero-order valence-electron chi connectivity index (χ0n) is 24.7. The van der Waals surface area contributed by atoms with Crippen molar-refractivity contribution < 1.29 is 4.57 Å². The van der Waals surface area contributed by atoms with Gasteiger partial charge in [-0.3, -0.25) is 0 Å². The first-order chi connectivity index (χ1) is 17.5. The molecule has 37 heavy (non-hydrogen) atoms. The summed E-state index contributed by atoms with van der Waals surface area (Å²) < 4.78 is 2.32. The standard InChI is InChI=1S/C35H46NSi/c1-23(2)33-21-30(28-14-12-11-13-15-28)22-34(27(33)9)35-32-17-16-31(20-29(32)18-19-36(35)10)37(24(3)4,25(5)6)26(7)8/h11-26H,1-10H3/q+1. The molecule has 0 aliphatic rings. The van der Waals surface area contributed by atoms with Gasteiger partial charge in [0.1, 0.15) is 7.05 Å². The van der Waals surface area contributed by atoms with Gasteiger partial charge in [0.15, 0.2) is 6.20 Å². The van der Waals surface area contributed by atoms with Crippen molar-refractivity contribution in [3.05, 3.63) is 84.1 Å². The van der Waals surface area contributed by atoms with E-state index in [4.69, 9.17) is 0 Å². The Morgan fingerprint density at radius 1 is 0.676 bits per heavy atom. The molecule has 0 unspecified atom stereocenters. The second kappa shape index (κ2) is 10.6. The van der Waals surface area contributed by atoms with Gasteiger partial charge in [-0.25, -0.2) is 4.57 Å². The van der Waals surface area contributed by atoms with Crippen LogP contribution in [0, 0.1) is 6.92 Å². The van der Waals surface area contributed by atoms with E-state index in [-0.39, 0.29) is 0 Å². The first-order valence-electron chi connectivity index (χ1n) is 14.1. The molecule has 0 fully saturated rings. The monoisotopic (exact) mass is 508 g/mol. The minimum atomic E-state index is -1.73. The normalized spacial score (nSPS) is 12.5. The Labute approximate surface area is 226 Å². The van der Waals surface area contributed by atoms with Crippen LogP contribution in [0.2, 0.25) is 16.6 Å². The van der Waals surface area contributed by atoms with Crippen molar-refractivity contribution >= 4 is 24.0 Å². The van der Waals surface area contributed by atoms with Gasteiger partial charge in [-0.1, -0.05) is 109 Å². The fourth-order valence-corrected chi connectivity index (χ4v) is 14.1. The molecule has 2 heteroatoms. The summed E-state index contributed by atoms with van der Waals surface area (Å²) in [6.07, 6.45) is 2.26. The average molecular weight is 509 g/mol. The second-order valence-corrected chi connectivity index (χ2v) is 18.1. The molecule has 0 radical (unpaired) electrons. The lowest BCUT2D eigenvalue weighted by atomic mass is 9.87. The van der Waals surface area contributed by atoms with Crippen LogP contribution in [-0.2, 0) is 7.05 Å². The molecule has 4 aromatic rings. The Morgan fingerprint density at radius 2 is 1.30 bits per heavy atom. The predicted molar refractivity (Wildman–Crippen MR) is 166 cm³/mol. The van der Waals surface area contributed by atoms with Gasteiger partial charge in [0.05, 0.1) is 19.0 Å². The molecule has 3 aromatic carbocycles. The van der Waals surface area contributed by atoms with Crippen LogP contribution in [0.4, 0.5) is 0 Å². The van der Waals surface area contributed by atoms with Gasteiger partial charge < -0.3 is 0 Å². The molecular formula is C35H46NSi+. The molecule has 1 nitrogen and oxygen atoms in total. The SMILES string of the molecule is Cc1c(-c2c3ccc([Si](C(C)C)(C(C)C)C(C)C)cc3cc[n+]2C)cc(-c2ccccc2)cc1C(C)C.